The van der Waals surface area contributed by atoms with Crippen LogP contribution < -0.4 is 4.72 Å². The topological polar surface area (TPSA) is 59.1 Å². The lowest BCUT2D eigenvalue weighted by atomic mass is 10.2. The molecule has 1 N–H and O–H groups in total. The summed E-state index contributed by atoms with van der Waals surface area (Å²) < 4.78 is 53.2. The molecule has 0 fully saturated rings. The standard InChI is InChI=1S/C12H9ClF2N2O2S/c1-7-2-4-9(14)12(11(7)15)17-20(18,19)8-3-5-10(13)16-6-8/h2-6,17H,1H3. The first-order valence-electron chi connectivity index (χ1n) is 5.40. The van der Waals surface area contributed by atoms with Crippen LogP contribution in [0.1, 0.15) is 5.56 Å². The number of benzene rings is 1. The smallest absolute Gasteiger partial charge is 0.263 e. The third-order valence-electron chi connectivity index (χ3n) is 2.53. The molecule has 0 aliphatic heterocycles. The summed E-state index contributed by atoms with van der Waals surface area (Å²) in [6.45, 7) is 1.40. The number of hydrogen-bond donors (Lipinski definition) is 1. The van der Waals surface area contributed by atoms with Gasteiger partial charge in [-0.15, -0.1) is 0 Å². The van der Waals surface area contributed by atoms with Gasteiger partial charge in [0.25, 0.3) is 10.0 Å². The van der Waals surface area contributed by atoms with E-state index in [0.717, 1.165) is 12.3 Å². The monoisotopic (exact) mass is 318 g/mol. The van der Waals surface area contributed by atoms with Crippen molar-refractivity contribution in [3.63, 3.8) is 0 Å². The Hall–Kier alpha value is -1.73. The highest BCUT2D eigenvalue weighted by molar-refractivity contribution is 7.92. The zero-order valence-electron chi connectivity index (χ0n) is 10.2. The van der Waals surface area contributed by atoms with Gasteiger partial charge in [0.05, 0.1) is 0 Å². The molecule has 106 valence electrons. The van der Waals surface area contributed by atoms with E-state index in [4.69, 9.17) is 11.6 Å². The van der Waals surface area contributed by atoms with Crippen molar-refractivity contribution >= 4 is 27.3 Å². The van der Waals surface area contributed by atoms with E-state index in [1.807, 2.05) is 4.72 Å². The van der Waals surface area contributed by atoms with Crippen molar-refractivity contribution in [1.29, 1.82) is 0 Å². The second-order valence-corrected chi connectivity index (χ2v) is 6.05. The lowest BCUT2D eigenvalue weighted by Crippen LogP contribution is -2.15. The summed E-state index contributed by atoms with van der Waals surface area (Å²) in [5, 5.41) is 0.108. The largest absolute Gasteiger partial charge is 0.274 e. The zero-order valence-corrected chi connectivity index (χ0v) is 11.8. The zero-order chi connectivity index (χ0) is 14.9. The molecule has 4 nitrogen and oxygen atoms in total. The van der Waals surface area contributed by atoms with Crippen LogP contribution in [0.2, 0.25) is 5.15 Å². The van der Waals surface area contributed by atoms with E-state index in [2.05, 4.69) is 4.98 Å². The molecule has 0 aliphatic rings. The van der Waals surface area contributed by atoms with Gasteiger partial charge in [-0.05, 0) is 30.7 Å². The highest BCUT2D eigenvalue weighted by atomic mass is 35.5. The molecule has 1 heterocycles. The number of anilines is 1. The number of halogens is 3. The molecule has 0 radical (unpaired) electrons. The van der Waals surface area contributed by atoms with Crippen molar-refractivity contribution in [2.45, 2.75) is 11.8 Å². The number of nitrogens with one attached hydrogen (secondary N) is 1. The minimum atomic E-state index is -4.14. The van der Waals surface area contributed by atoms with Gasteiger partial charge in [-0.2, -0.15) is 0 Å². The van der Waals surface area contributed by atoms with Crippen molar-refractivity contribution < 1.29 is 17.2 Å². The number of aryl methyl sites for hydroxylation is 1. The van der Waals surface area contributed by atoms with E-state index < -0.39 is 27.3 Å². The van der Waals surface area contributed by atoms with Gasteiger partial charge in [0, 0.05) is 6.20 Å². The fourth-order valence-corrected chi connectivity index (χ4v) is 2.59. The van der Waals surface area contributed by atoms with Crippen molar-refractivity contribution in [1.82, 2.24) is 4.98 Å². The van der Waals surface area contributed by atoms with Crippen molar-refractivity contribution in [2.24, 2.45) is 0 Å². The van der Waals surface area contributed by atoms with Crippen LogP contribution in [-0.4, -0.2) is 13.4 Å². The first-order valence-corrected chi connectivity index (χ1v) is 7.26. The maximum atomic E-state index is 13.8. The quantitative estimate of drug-likeness (QED) is 0.885. The van der Waals surface area contributed by atoms with Gasteiger partial charge in [-0.1, -0.05) is 17.7 Å². The van der Waals surface area contributed by atoms with Gasteiger partial charge < -0.3 is 0 Å². The first kappa shape index (κ1) is 14.7. The van der Waals surface area contributed by atoms with Crippen LogP contribution in [0.15, 0.2) is 35.4 Å². The fraction of sp³-hybridized carbons (Fsp3) is 0.0833. The molecule has 0 amide bonds. The van der Waals surface area contributed by atoms with Crippen LogP contribution in [0.3, 0.4) is 0 Å². The maximum Gasteiger partial charge on any atom is 0.263 e. The van der Waals surface area contributed by atoms with Gasteiger partial charge >= 0.3 is 0 Å². The first-order chi connectivity index (χ1) is 9.31. The summed E-state index contributed by atoms with van der Waals surface area (Å²) >= 11 is 5.55. The highest BCUT2D eigenvalue weighted by Crippen LogP contribution is 2.24. The van der Waals surface area contributed by atoms with Gasteiger partial charge in [0.2, 0.25) is 0 Å². The Balaban J connectivity index is 2.43. The van der Waals surface area contributed by atoms with Crippen LogP contribution in [0, 0.1) is 18.6 Å². The lowest BCUT2D eigenvalue weighted by Gasteiger charge is -2.11. The molecule has 2 aromatic rings. The summed E-state index contributed by atoms with van der Waals surface area (Å²) in [6.07, 6.45) is 0.996. The molecule has 0 bridgehead atoms. The Morgan fingerprint density at radius 2 is 1.90 bits per heavy atom. The Morgan fingerprint density at radius 3 is 2.50 bits per heavy atom. The summed E-state index contributed by atoms with van der Waals surface area (Å²) in [4.78, 5) is 3.36. The number of rotatable bonds is 3. The van der Waals surface area contributed by atoms with Gasteiger partial charge in [-0.3, -0.25) is 4.72 Å². The van der Waals surface area contributed by atoms with E-state index in [9.17, 15) is 17.2 Å². The SMILES string of the molecule is Cc1ccc(F)c(NS(=O)(=O)c2ccc(Cl)nc2)c1F. The van der Waals surface area contributed by atoms with Crippen LogP contribution in [0.4, 0.5) is 14.5 Å². The van der Waals surface area contributed by atoms with Gasteiger partial charge in [-0.25, -0.2) is 22.2 Å². The van der Waals surface area contributed by atoms with E-state index >= 15 is 0 Å². The summed E-state index contributed by atoms with van der Waals surface area (Å²) in [5.41, 5.74) is -0.599. The maximum absolute atomic E-state index is 13.8. The predicted molar refractivity (Wildman–Crippen MR) is 71.2 cm³/mol. The molecule has 0 saturated heterocycles. The fourth-order valence-electron chi connectivity index (χ4n) is 1.46. The Morgan fingerprint density at radius 1 is 1.20 bits per heavy atom. The van der Waals surface area contributed by atoms with Crippen molar-refractivity contribution in [2.75, 3.05) is 4.72 Å². The molecular weight excluding hydrogens is 310 g/mol. The molecule has 1 aromatic carbocycles. The number of sulfonamides is 1. The second kappa shape index (κ2) is 5.34. The molecule has 0 aliphatic carbocycles. The van der Waals surface area contributed by atoms with Crippen LogP contribution >= 0.6 is 11.6 Å². The normalized spacial score (nSPS) is 11.4. The minimum Gasteiger partial charge on any atom is -0.274 e. The molecule has 0 saturated carbocycles. The number of pyridine rings is 1. The third-order valence-corrected chi connectivity index (χ3v) is 4.09. The Bertz CT molecular complexity index is 749. The molecule has 0 spiro atoms. The summed E-state index contributed by atoms with van der Waals surface area (Å²) in [6, 6.07) is 4.64. The average Bonchev–Trinajstić information content (AvgIpc) is 2.40. The second-order valence-electron chi connectivity index (χ2n) is 3.98. The van der Waals surface area contributed by atoms with Crippen LogP contribution in [-0.2, 0) is 10.0 Å². The molecule has 0 unspecified atom stereocenters. The molecule has 2 rings (SSSR count). The number of aromatic nitrogens is 1. The number of hydrogen-bond acceptors (Lipinski definition) is 3. The summed E-state index contributed by atoms with van der Waals surface area (Å²) in [5.74, 6) is -1.96. The highest BCUT2D eigenvalue weighted by Gasteiger charge is 2.20. The summed E-state index contributed by atoms with van der Waals surface area (Å²) in [7, 11) is -4.14. The van der Waals surface area contributed by atoms with E-state index in [0.29, 0.717) is 0 Å². The molecule has 1 aromatic heterocycles. The minimum absolute atomic E-state index is 0.108. The van der Waals surface area contributed by atoms with Gasteiger partial charge in [0.1, 0.15) is 21.6 Å². The van der Waals surface area contributed by atoms with E-state index in [1.165, 1.54) is 25.1 Å². The molecule has 20 heavy (non-hydrogen) atoms. The van der Waals surface area contributed by atoms with E-state index in [1.54, 1.807) is 0 Å². The lowest BCUT2D eigenvalue weighted by molar-refractivity contribution is 0.578. The van der Waals surface area contributed by atoms with Crippen LogP contribution in [0.5, 0.6) is 0 Å². The third kappa shape index (κ3) is 2.88. The van der Waals surface area contributed by atoms with Crippen molar-refractivity contribution in [3.8, 4) is 0 Å². The number of nitrogens with zero attached hydrogens (tertiary/aromatic N) is 1. The molecule has 0 atom stereocenters. The van der Waals surface area contributed by atoms with E-state index in [-0.39, 0.29) is 15.6 Å². The van der Waals surface area contributed by atoms with Crippen molar-refractivity contribution in [3.05, 3.63) is 52.8 Å². The predicted octanol–water partition coefficient (Wildman–Crippen LogP) is 3.12. The molecule has 8 heteroatoms. The van der Waals surface area contributed by atoms with Gasteiger partial charge in [0.15, 0.2) is 5.82 Å². The Kier molecular flexibility index (Phi) is 3.92. The molecular formula is C12H9ClF2N2O2S. The van der Waals surface area contributed by atoms with Crippen LogP contribution in [0.25, 0.3) is 0 Å². The average molecular weight is 319 g/mol. The Labute approximate surface area is 119 Å².